The zero-order valence-electron chi connectivity index (χ0n) is 11.4. The van der Waals surface area contributed by atoms with Crippen LogP contribution in [0, 0.1) is 6.92 Å². The fourth-order valence-corrected chi connectivity index (χ4v) is 2.29. The van der Waals surface area contributed by atoms with Crippen molar-refractivity contribution in [3.8, 4) is 0 Å². The molecule has 0 fully saturated rings. The largest absolute Gasteiger partial charge is 0.469 e. The van der Waals surface area contributed by atoms with E-state index in [1.165, 1.54) is 0 Å². The Kier molecular flexibility index (Phi) is 3.29. The number of hydrogen-bond acceptors (Lipinski definition) is 4. The molecule has 0 spiro atoms. The number of nitrogen functional groups attached to an aromatic ring is 1. The third kappa shape index (κ3) is 2.45. The zero-order valence-corrected chi connectivity index (χ0v) is 11.4. The first-order valence-corrected chi connectivity index (χ1v) is 6.65. The van der Waals surface area contributed by atoms with E-state index in [0.717, 1.165) is 46.6 Å². The Morgan fingerprint density at radius 3 is 2.95 bits per heavy atom. The van der Waals surface area contributed by atoms with E-state index in [1.807, 2.05) is 37.4 Å². The lowest BCUT2D eigenvalue weighted by Crippen LogP contribution is -2.05. The van der Waals surface area contributed by atoms with Crippen LogP contribution in [0.25, 0.3) is 10.8 Å². The van der Waals surface area contributed by atoms with Gasteiger partial charge in [-0.05, 0) is 37.3 Å². The van der Waals surface area contributed by atoms with Crippen LogP contribution < -0.4 is 11.1 Å². The number of nitrogens with one attached hydrogen (secondary N) is 1. The third-order valence-electron chi connectivity index (χ3n) is 3.34. The molecular weight excluding hydrogens is 250 g/mol. The number of anilines is 2. The van der Waals surface area contributed by atoms with Gasteiger partial charge >= 0.3 is 0 Å². The van der Waals surface area contributed by atoms with E-state index in [-0.39, 0.29) is 0 Å². The Bertz CT molecular complexity index is 720. The van der Waals surface area contributed by atoms with E-state index in [0.29, 0.717) is 0 Å². The zero-order chi connectivity index (χ0) is 13.9. The first kappa shape index (κ1) is 12.5. The first-order valence-electron chi connectivity index (χ1n) is 6.65. The molecule has 20 heavy (non-hydrogen) atoms. The Morgan fingerprint density at radius 2 is 2.15 bits per heavy atom. The van der Waals surface area contributed by atoms with Gasteiger partial charge in [0.15, 0.2) is 0 Å². The summed E-state index contributed by atoms with van der Waals surface area (Å²) in [5.74, 6) is 0.982. The number of furan rings is 1. The molecule has 0 aliphatic carbocycles. The molecule has 3 rings (SSSR count). The van der Waals surface area contributed by atoms with Crippen LogP contribution in [0.4, 0.5) is 11.4 Å². The predicted octanol–water partition coefficient (Wildman–Crippen LogP) is 3.37. The van der Waals surface area contributed by atoms with E-state index in [2.05, 4.69) is 16.4 Å². The summed E-state index contributed by atoms with van der Waals surface area (Å²) in [4.78, 5) is 4.31. The molecule has 4 heteroatoms. The fraction of sp³-hybridized carbons (Fsp3) is 0.188. The van der Waals surface area contributed by atoms with Gasteiger partial charge in [0.05, 0.1) is 6.26 Å². The number of benzene rings is 1. The van der Waals surface area contributed by atoms with Crippen molar-refractivity contribution in [2.75, 3.05) is 17.6 Å². The van der Waals surface area contributed by atoms with Crippen molar-refractivity contribution in [1.82, 2.24) is 4.98 Å². The molecule has 1 aromatic carbocycles. The molecule has 0 amide bonds. The molecule has 4 nitrogen and oxygen atoms in total. The van der Waals surface area contributed by atoms with Crippen LogP contribution in [-0.2, 0) is 6.42 Å². The molecule has 0 saturated carbocycles. The minimum Gasteiger partial charge on any atom is -0.469 e. The number of rotatable bonds is 4. The number of nitrogens with two attached hydrogens (primary N) is 1. The lowest BCUT2D eigenvalue weighted by molar-refractivity contribution is 0.513. The molecule has 0 aliphatic rings. The maximum Gasteiger partial charge on any atom is 0.105 e. The van der Waals surface area contributed by atoms with Crippen molar-refractivity contribution in [1.29, 1.82) is 0 Å². The van der Waals surface area contributed by atoms with Crippen molar-refractivity contribution < 1.29 is 4.42 Å². The quantitative estimate of drug-likeness (QED) is 0.711. The Hall–Kier alpha value is -2.49. The summed E-state index contributed by atoms with van der Waals surface area (Å²) in [6, 6.07) is 9.87. The van der Waals surface area contributed by atoms with Crippen LogP contribution in [0.15, 0.2) is 47.2 Å². The van der Waals surface area contributed by atoms with Gasteiger partial charge in [0, 0.05) is 47.0 Å². The maximum absolute atomic E-state index is 6.00. The number of aromatic nitrogens is 1. The van der Waals surface area contributed by atoms with Gasteiger partial charge in [-0.2, -0.15) is 0 Å². The summed E-state index contributed by atoms with van der Waals surface area (Å²) in [7, 11) is 0. The van der Waals surface area contributed by atoms with E-state index >= 15 is 0 Å². The highest BCUT2D eigenvalue weighted by molar-refractivity contribution is 6.00. The summed E-state index contributed by atoms with van der Waals surface area (Å²) in [5.41, 5.74) is 8.81. The molecule has 0 bridgehead atoms. The highest BCUT2D eigenvalue weighted by atomic mass is 16.3. The molecule has 0 unspecified atom stereocenters. The van der Waals surface area contributed by atoms with Gasteiger partial charge < -0.3 is 15.5 Å². The average molecular weight is 267 g/mol. The Balaban J connectivity index is 1.84. The SMILES string of the molecule is Cc1cc2c(NCCc3ccco3)ccc(N)c2cn1. The van der Waals surface area contributed by atoms with Gasteiger partial charge in [0.1, 0.15) is 5.76 Å². The van der Waals surface area contributed by atoms with Gasteiger partial charge in [-0.1, -0.05) is 0 Å². The molecule has 2 aromatic heterocycles. The third-order valence-corrected chi connectivity index (χ3v) is 3.34. The topological polar surface area (TPSA) is 64.1 Å². The second-order valence-corrected chi connectivity index (χ2v) is 4.83. The van der Waals surface area contributed by atoms with Gasteiger partial charge in [-0.15, -0.1) is 0 Å². The second-order valence-electron chi connectivity index (χ2n) is 4.83. The van der Waals surface area contributed by atoms with E-state index in [9.17, 15) is 0 Å². The molecule has 3 aromatic rings. The monoisotopic (exact) mass is 267 g/mol. The van der Waals surface area contributed by atoms with Crippen molar-refractivity contribution in [2.24, 2.45) is 0 Å². The minimum absolute atomic E-state index is 0.754. The Morgan fingerprint density at radius 1 is 1.25 bits per heavy atom. The molecule has 0 aliphatic heterocycles. The molecule has 3 N–H and O–H groups in total. The average Bonchev–Trinajstić information content (AvgIpc) is 2.94. The van der Waals surface area contributed by atoms with Crippen LogP contribution >= 0.6 is 0 Å². The molecular formula is C16H17N3O. The van der Waals surface area contributed by atoms with Gasteiger partial charge in [0.2, 0.25) is 0 Å². The van der Waals surface area contributed by atoms with Crippen molar-refractivity contribution in [3.63, 3.8) is 0 Å². The lowest BCUT2D eigenvalue weighted by atomic mass is 10.1. The van der Waals surface area contributed by atoms with Crippen molar-refractivity contribution in [3.05, 3.63) is 54.2 Å². The van der Waals surface area contributed by atoms with Crippen LogP contribution in [0.1, 0.15) is 11.5 Å². The molecule has 0 radical (unpaired) electrons. The molecule has 0 atom stereocenters. The minimum atomic E-state index is 0.754. The van der Waals surface area contributed by atoms with E-state index in [1.54, 1.807) is 6.26 Å². The molecule has 0 saturated heterocycles. The summed E-state index contributed by atoms with van der Waals surface area (Å²) in [6.07, 6.45) is 4.38. The predicted molar refractivity (Wildman–Crippen MR) is 81.8 cm³/mol. The number of fused-ring (bicyclic) bond motifs is 1. The first-order chi connectivity index (χ1) is 9.74. The van der Waals surface area contributed by atoms with Gasteiger partial charge in [-0.25, -0.2) is 0 Å². The fourth-order valence-electron chi connectivity index (χ4n) is 2.29. The second kappa shape index (κ2) is 5.25. The van der Waals surface area contributed by atoms with Gasteiger partial charge in [-0.3, -0.25) is 4.98 Å². The number of pyridine rings is 1. The smallest absolute Gasteiger partial charge is 0.105 e. The number of aryl methyl sites for hydroxylation is 1. The Labute approximate surface area is 117 Å². The van der Waals surface area contributed by atoms with E-state index < -0.39 is 0 Å². The molecule has 2 heterocycles. The highest BCUT2D eigenvalue weighted by Gasteiger charge is 2.05. The van der Waals surface area contributed by atoms with E-state index in [4.69, 9.17) is 10.2 Å². The van der Waals surface area contributed by atoms with Crippen LogP contribution in [0.3, 0.4) is 0 Å². The number of nitrogens with zero attached hydrogens (tertiary/aromatic N) is 1. The standard InChI is InChI=1S/C16H17N3O/c1-11-9-13-14(10-19-11)15(17)4-5-16(13)18-7-6-12-3-2-8-20-12/h2-5,8-10,18H,6-7,17H2,1H3. The highest BCUT2D eigenvalue weighted by Crippen LogP contribution is 2.28. The van der Waals surface area contributed by atoms with Crippen molar-refractivity contribution in [2.45, 2.75) is 13.3 Å². The van der Waals surface area contributed by atoms with Crippen LogP contribution in [0.2, 0.25) is 0 Å². The normalized spacial score (nSPS) is 10.8. The summed E-state index contributed by atoms with van der Waals surface area (Å²) in [5, 5.41) is 5.53. The van der Waals surface area contributed by atoms with Crippen molar-refractivity contribution >= 4 is 22.1 Å². The van der Waals surface area contributed by atoms with Crippen LogP contribution in [0.5, 0.6) is 0 Å². The maximum atomic E-state index is 6.00. The molecule has 102 valence electrons. The summed E-state index contributed by atoms with van der Waals surface area (Å²) < 4.78 is 5.33. The number of hydrogen-bond donors (Lipinski definition) is 2. The van der Waals surface area contributed by atoms with Gasteiger partial charge in [0.25, 0.3) is 0 Å². The van der Waals surface area contributed by atoms with Crippen LogP contribution in [-0.4, -0.2) is 11.5 Å². The lowest BCUT2D eigenvalue weighted by Gasteiger charge is -2.11. The summed E-state index contributed by atoms with van der Waals surface area (Å²) >= 11 is 0. The summed E-state index contributed by atoms with van der Waals surface area (Å²) in [6.45, 7) is 2.79.